The summed E-state index contributed by atoms with van der Waals surface area (Å²) in [4.78, 5) is 14.6. The van der Waals surface area contributed by atoms with Gasteiger partial charge in [-0.2, -0.15) is 0 Å². The van der Waals surface area contributed by atoms with Gasteiger partial charge < -0.3 is 4.90 Å². The van der Waals surface area contributed by atoms with E-state index in [1.807, 2.05) is 66.1 Å². The lowest BCUT2D eigenvalue weighted by atomic mass is 10.1. The first kappa shape index (κ1) is 22.7. The molecule has 0 aliphatic rings. The molecule has 0 aliphatic heterocycles. The molecule has 0 fully saturated rings. The van der Waals surface area contributed by atoms with Crippen LogP contribution in [-0.4, -0.2) is 37.9 Å². The minimum Gasteiger partial charge on any atom is -0.340 e. The van der Waals surface area contributed by atoms with Crippen LogP contribution in [0.1, 0.15) is 23.9 Å². The maximum absolute atomic E-state index is 13.5. The number of benzene rings is 3. The molecule has 0 saturated carbocycles. The highest BCUT2D eigenvalue weighted by Gasteiger charge is 2.23. The summed E-state index contributed by atoms with van der Waals surface area (Å²) in [5, 5.41) is 9.14. The number of hydrogen-bond acceptors (Lipinski definition) is 4. The molecule has 4 rings (SSSR count). The van der Waals surface area contributed by atoms with Gasteiger partial charge in [-0.15, -0.1) is 10.2 Å². The largest absolute Gasteiger partial charge is 0.340 e. The Morgan fingerprint density at radius 3 is 2.33 bits per heavy atom. The minimum atomic E-state index is -0.389. The summed E-state index contributed by atoms with van der Waals surface area (Å²) in [6, 6.07) is 26.3. The fourth-order valence-electron chi connectivity index (χ4n) is 3.61. The summed E-state index contributed by atoms with van der Waals surface area (Å²) in [5.41, 5.74) is 2.84. The summed E-state index contributed by atoms with van der Waals surface area (Å²) >= 11 is 1.37. The van der Waals surface area contributed by atoms with E-state index in [1.54, 1.807) is 18.0 Å². The monoisotopic (exact) mass is 460 g/mol. The van der Waals surface area contributed by atoms with Gasteiger partial charge in [-0.05, 0) is 42.3 Å². The molecule has 1 heterocycles. The van der Waals surface area contributed by atoms with Crippen LogP contribution < -0.4 is 0 Å². The van der Waals surface area contributed by atoms with Crippen LogP contribution in [0.25, 0.3) is 5.69 Å². The second-order valence-corrected chi connectivity index (χ2v) is 9.12. The lowest BCUT2D eigenvalue weighted by Gasteiger charge is -2.21. The average molecular weight is 461 g/mol. The number of rotatable bonds is 8. The number of hydrogen-bond donors (Lipinski definition) is 0. The van der Waals surface area contributed by atoms with Gasteiger partial charge in [-0.1, -0.05) is 72.4 Å². The predicted octanol–water partition coefficient (Wildman–Crippen LogP) is 5.14. The van der Waals surface area contributed by atoms with Crippen LogP contribution >= 0.6 is 11.8 Å². The van der Waals surface area contributed by atoms with Gasteiger partial charge in [-0.3, -0.25) is 9.36 Å². The van der Waals surface area contributed by atoms with E-state index in [9.17, 15) is 9.18 Å². The minimum absolute atomic E-state index is 0.0588. The van der Waals surface area contributed by atoms with E-state index >= 15 is 0 Å². The first-order chi connectivity index (χ1) is 16.0. The van der Waals surface area contributed by atoms with Crippen molar-refractivity contribution < 1.29 is 9.18 Å². The number of thioether (sulfide) groups is 1. The molecule has 1 unspecified atom stereocenters. The third kappa shape index (κ3) is 5.68. The Hall–Kier alpha value is -3.45. The predicted molar refractivity (Wildman–Crippen MR) is 129 cm³/mol. The van der Waals surface area contributed by atoms with Crippen molar-refractivity contribution in [2.24, 2.45) is 0 Å². The summed E-state index contributed by atoms with van der Waals surface area (Å²) in [6.07, 6.45) is 0.630. The van der Waals surface area contributed by atoms with Crippen molar-refractivity contribution in [2.45, 2.75) is 30.3 Å². The molecule has 0 radical (unpaired) electrons. The van der Waals surface area contributed by atoms with Gasteiger partial charge in [0, 0.05) is 25.7 Å². The lowest BCUT2D eigenvalue weighted by Crippen LogP contribution is -2.33. The van der Waals surface area contributed by atoms with Gasteiger partial charge in [0.2, 0.25) is 5.91 Å². The van der Waals surface area contributed by atoms with Gasteiger partial charge in [0.15, 0.2) is 5.16 Å². The fourth-order valence-corrected chi connectivity index (χ4v) is 4.61. The molecule has 0 N–H and O–H groups in total. The number of carbonyl (C=O) groups is 1. The molecule has 33 heavy (non-hydrogen) atoms. The Balaban J connectivity index is 1.54. The number of nitrogens with zero attached hydrogens (tertiary/aromatic N) is 4. The zero-order chi connectivity index (χ0) is 23.2. The van der Waals surface area contributed by atoms with Gasteiger partial charge in [0.25, 0.3) is 0 Å². The standard InChI is InChI=1S/C26H25FN4OS/c1-19(25(32)30(2)18-21-12-9-13-22(27)16-21)33-26-29-28-24(17-20-10-5-3-6-11-20)31(26)23-14-7-4-8-15-23/h3-16,19H,17-18H2,1-2H3. The van der Waals surface area contributed by atoms with Gasteiger partial charge in [-0.25, -0.2) is 4.39 Å². The Morgan fingerprint density at radius 1 is 0.970 bits per heavy atom. The SMILES string of the molecule is CC(Sc1nnc(Cc2ccccc2)n1-c1ccccc1)C(=O)N(C)Cc1cccc(F)c1. The van der Waals surface area contributed by atoms with E-state index in [0.717, 1.165) is 22.6 Å². The van der Waals surface area contributed by atoms with Gasteiger partial charge >= 0.3 is 0 Å². The maximum atomic E-state index is 13.5. The molecule has 1 aromatic heterocycles. The number of para-hydroxylation sites is 1. The molecule has 0 bridgehead atoms. The van der Waals surface area contributed by atoms with Gasteiger partial charge in [0.05, 0.1) is 5.25 Å². The van der Waals surface area contributed by atoms with Crippen molar-refractivity contribution in [3.63, 3.8) is 0 Å². The molecule has 1 atom stereocenters. The normalized spacial score (nSPS) is 11.8. The van der Waals surface area contributed by atoms with Crippen molar-refractivity contribution in [1.29, 1.82) is 0 Å². The molecular formula is C26H25FN4OS. The van der Waals surface area contributed by atoms with Crippen LogP contribution in [0, 0.1) is 5.82 Å². The Bertz CT molecular complexity index is 1210. The first-order valence-electron chi connectivity index (χ1n) is 10.7. The molecule has 4 aromatic rings. The number of halogens is 1. The van der Waals surface area contributed by atoms with Crippen molar-refractivity contribution in [3.8, 4) is 5.69 Å². The van der Waals surface area contributed by atoms with Crippen LogP contribution in [0.15, 0.2) is 90.1 Å². The summed E-state index contributed by atoms with van der Waals surface area (Å²) in [5.74, 6) is 0.442. The number of carbonyl (C=O) groups excluding carboxylic acids is 1. The maximum Gasteiger partial charge on any atom is 0.235 e. The summed E-state index contributed by atoms with van der Waals surface area (Å²) in [7, 11) is 1.73. The Labute approximate surface area is 197 Å². The van der Waals surface area contributed by atoms with E-state index in [4.69, 9.17) is 0 Å². The molecule has 3 aromatic carbocycles. The third-order valence-corrected chi connectivity index (χ3v) is 6.27. The topological polar surface area (TPSA) is 51.0 Å². The van der Waals surface area contributed by atoms with Crippen molar-refractivity contribution in [3.05, 3.63) is 108 Å². The molecule has 0 aliphatic carbocycles. The molecule has 168 valence electrons. The third-order valence-electron chi connectivity index (χ3n) is 5.23. The molecular weight excluding hydrogens is 435 g/mol. The van der Waals surface area contributed by atoms with Crippen LogP contribution in [0.5, 0.6) is 0 Å². The smallest absolute Gasteiger partial charge is 0.235 e. The van der Waals surface area contributed by atoms with Crippen molar-refractivity contribution in [2.75, 3.05) is 7.05 Å². The highest BCUT2D eigenvalue weighted by molar-refractivity contribution is 8.00. The second kappa shape index (κ2) is 10.4. The van der Waals surface area contributed by atoms with Gasteiger partial charge in [0.1, 0.15) is 11.6 Å². The highest BCUT2D eigenvalue weighted by Crippen LogP contribution is 2.27. The lowest BCUT2D eigenvalue weighted by molar-refractivity contribution is -0.129. The van der Waals surface area contributed by atoms with E-state index in [0.29, 0.717) is 18.1 Å². The van der Waals surface area contributed by atoms with E-state index in [-0.39, 0.29) is 17.0 Å². The molecule has 5 nitrogen and oxygen atoms in total. The number of amides is 1. The summed E-state index contributed by atoms with van der Waals surface area (Å²) < 4.78 is 15.5. The number of aromatic nitrogens is 3. The zero-order valence-corrected chi connectivity index (χ0v) is 19.4. The van der Waals surface area contributed by atoms with Crippen molar-refractivity contribution >= 4 is 17.7 Å². The fraction of sp³-hybridized carbons (Fsp3) is 0.192. The van der Waals surface area contributed by atoms with Crippen LogP contribution in [0.4, 0.5) is 4.39 Å². The first-order valence-corrected chi connectivity index (χ1v) is 11.6. The molecule has 7 heteroatoms. The molecule has 0 spiro atoms. The quantitative estimate of drug-likeness (QED) is 0.342. The average Bonchev–Trinajstić information content (AvgIpc) is 3.21. The Morgan fingerprint density at radius 2 is 1.64 bits per heavy atom. The van der Waals surface area contributed by atoms with Crippen LogP contribution in [0.3, 0.4) is 0 Å². The molecule has 1 amide bonds. The second-order valence-electron chi connectivity index (χ2n) is 7.82. The summed E-state index contributed by atoms with van der Waals surface area (Å²) in [6.45, 7) is 2.20. The molecule has 0 saturated heterocycles. The van der Waals surface area contributed by atoms with E-state index < -0.39 is 0 Å². The van der Waals surface area contributed by atoms with E-state index in [2.05, 4.69) is 22.3 Å². The van der Waals surface area contributed by atoms with E-state index in [1.165, 1.54) is 23.9 Å². The highest BCUT2D eigenvalue weighted by atomic mass is 32.2. The van der Waals surface area contributed by atoms with Crippen molar-refractivity contribution in [1.82, 2.24) is 19.7 Å². The van der Waals surface area contributed by atoms with Crippen LogP contribution in [-0.2, 0) is 17.8 Å². The van der Waals surface area contributed by atoms with Crippen LogP contribution in [0.2, 0.25) is 0 Å². The zero-order valence-electron chi connectivity index (χ0n) is 18.6. The Kier molecular flexibility index (Phi) is 7.19.